The molecular weight excluding hydrogens is 388 g/mol. The molecule has 0 aliphatic rings. The maximum Gasteiger partial charge on any atom is 0.123 e. The summed E-state index contributed by atoms with van der Waals surface area (Å²) in [4.78, 5) is 4.67. The lowest BCUT2D eigenvalue weighted by molar-refractivity contribution is 0.0920. The van der Waals surface area contributed by atoms with E-state index in [1.165, 1.54) is 0 Å². The minimum Gasteiger partial charge on any atom is -0.491 e. The van der Waals surface area contributed by atoms with Gasteiger partial charge in [-0.05, 0) is 54.7 Å². The van der Waals surface area contributed by atoms with Gasteiger partial charge in [0.25, 0.3) is 0 Å². The Morgan fingerprint density at radius 3 is 2.69 bits per heavy atom. The number of aromatic nitrogens is 2. The molecule has 29 heavy (non-hydrogen) atoms. The van der Waals surface area contributed by atoms with Crippen LogP contribution in [-0.4, -0.2) is 39.1 Å². The van der Waals surface area contributed by atoms with Crippen molar-refractivity contribution in [3.05, 3.63) is 58.4 Å². The van der Waals surface area contributed by atoms with Crippen LogP contribution in [0.1, 0.15) is 43.1 Å². The lowest BCUT2D eigenvalue weighted by Gasteiger charge is -2.19. The van der Waals surface area contributed by atoms with Crippen molar-refractivity contribution in [3.63, 3.8) is 0 Å². The summed E-state index contributed by atoms with van der Waals surface area (Å²) in [5, 5.41) is 20.6. The monoisotopic (exact) mass is 416 g/mol. The van der Waals surface area contributed by atoms with Gasteiger partial charge in [-0.15, -0.1) is 0 Å². The Morgan fingerprint density at radius 2 is 1.97 bits per heavy atom. The number of benzene rings is 2. The van der Waals surface area contributed by atoms with E-state index < -0.39 is 6.10 Å². The minimum absolute atomic E-state index is 0.114. The first-order valence-electron chi connectivity index (χ1n) is 10.1. The molecule has 3 aromatic rings. The quantitative estimate of drug-likeness (QED) is 0.539. The Bertz CT molecular complexity index is 968. The molecule has 1 heterocycles. The van der Waals surface area contributed by atoms with Crippen molar-refractivity contribution in [3.8, 4) is 5.75 Å². The number of ether oxygens (including phenoxy) is 1. The molecule has 0 bridgehead atoms. The lowest BCUT2D eigenvalue weighted by Crippen LogP contribution is -2.25. The van der Waals surface area contributed by atoms with E-state index in [1.54, 1.807) is 0 Å². The van der Waals surface area contributed by atoms with E-state index in [9.17, 15) is 10.2 Å². The largest absolute Gasteiger partial charge is 0.491 e. The number of nitrogens with zero attached hydrogens (tertiary/aromatic N) is 2. The van der Waals surface area contributed by atoms with Gasteiger partial charge in [0.15, 0.2) is 0 Å². The normalized spacial score (nSPS) is 12.7. The van der Waals surface area contributed by atoms with Crippen molar-refractivity contribution in [1.82, 2.24) is 9.55 Å². The molecule has 0 aliphatic heterocycles. The van der Waals surface area contributed by atoms with E-state index in [0.29, 0.717) is 19.4 Å². The van der Waals surface area contributed by atoms with Crippen molar-refractivity contribution < 1.29 is 14.9 Å². The predicted octanol–water partition coefficient (Wildman–Crippen LogP) is 4.49. The van der Waals surface area contributed by atoms with Gasteiger partial charge >= 0.3 is 0 Å². The number of aliphatic hydroxyl groups excluding tert-OH is 2. The number of para-hydroxylation sites is 2. The zero-order chi connectivity index (χ0) is 21.0. The number of aryl methyl sites for hydroxylation is 2. The fourth-order valence-electron chi connectivity index (χ4n) is 3.45. The van der Waals surface area contributed by atoms with Crippen LogP contribution in [0.25, 0.3) is 11.0 Å². The van der Waals surface area contributed by atoms with Gasteiger partial charge in [-0.3, -0.25) is 0 Å². The van der Waals surface area contributed by atoms with Gasteiger partial charge in [0.2, 0.25) is 0 Å². The summed E-state index contributed by atoms with van der Waals surface area (Å²) >= 11 is 6.27. The van der Waals surface area contributed by atoms with Crippen molar-refractivity contribution in [2.24, 2.45) is 0 Å². The molecule has 0 saturated heterocycles. The highest BCUT2D eigenvalue weighted by atomic mass is 35.5. The first-order chi connectivity index (χ1) is 13.9. The predicted molar refractivity (Wildman–Crippen MR) is 117 cm³/mol. The van der Waals surface area contributed by atoms with Crippen LogP contribution in [0.4, 0.5) is 0 Å². The highest BCUT2D eigenvalue weighted by Crippen LogP contribution is 2.32. The number of fused-ring (bicyclic) bond motifs is 1. The average molecular weight is 417 g/mol. The fourth-order valence-corrected chi connectivity index (χ4v) is 3.63. The van der Waals surface area contributed by atoms with Crippen molar-refractivity contribution >= 4 is 22.6 Å². The third-order valence-electron chi connectivity index (χ3n) is 5.03. The molecule has 0 radical (unpaired) electrons. The highest BCUT2D eigenvalue weighted by molar-refractivity contribution is 6.31. The van der Waals surface area contributed by atoms with Crippen LogP contribution in [0.2, 0.25) is 5.02 Å². The average Bonchev–Trinajstić information content (AvgIpc) is 3.04. The van der Waals surface area contributed by atoms with Crippen molar-refractivity contribution in [2.75, 3.05) is 13.2 Å². The number of halogens is 1. The molecule has 0 saturated carbocycles. The molecule has 3 rings (SSSR count). The van der Waals surface area contributed by atoms with E-state index in [1.807, 2.05) is 47.9 Å². The van der Waals surface area contributed by atoms with E-state index in [2.05, 4.69) is 18.8 Å². The topological polar surface area (TPSA) is 67.5 Å². The van der Waals surface area contributed by atoms with Gasteiger partial charge < -0.3 is 19.5 Å². The summed E-state index contributed by atoms with van der Waals surface area (Å²) < 4.78 is 8.02. The standard InChI is InChI=1S/C23H29ClN2O3/c1-15(2)18-12-19(24)16(3)11-22(18)29-14-17(28)13-26-21-8-5-4-7-20(21)25-23(26)9-6-10-27/h4-5,7-8,11-12,15,17,27-28H,6,9-10,13-14H2,1-3H3. The van der Waals surface area contributed by atoms with E-state index in [0.717, 1.165) is 38.8 Å². The van der Waals surface area contributed by atoms with Gasteiger partial charge in [-0.25, -0.2) is 4.98 Å². The van der Waals surface area contributed by atoms with E-state index in [-0.39, 0.29) is 19.1 Å². The Balaban J connectivity index is 1.76. The molecule has 1 unspecified atom stereocenters. The van der Waals surface area contributed by atoms with Crippen molar-refractivity contribution in [2.45, 2.75) is 52.2 Å². The number of rotatable bonds is 9. The summed E-state index contributed by atoms with van der Waals surface area (Å²) in [6, 6.07) is 11.7. The Morgan fingerprint density at radius 1 is 1.21 bits per heavy atom. The molecule has 156 valence electrons. The molecule has 6 heteroatoms. The Labute approximate surface area is 176 Å². The second-order valence-corrected chi connectivity index (χ2v) is 8.12. The van der Waals surface area contributed by atoms with Crippen LogP contribution in [0.3, 0.4) is 0 Å². The number of aliphatic hydroxyl groups is 2. The Hall–Kier alpha value is -2.08. The second-order valence-electron chi connectivity index (χ2n) is 7.71. The molecule has 0 spiro atoms. The van der Waals surface area contributed by atoms with Crippen molar-refractivity contribution in [1.29, 1.82) is 0 Å². The molecule has 2 aromatic carbocycles. The number of hydrogen-bond acceptors (Lipinski definition) is 4. The second kappa shape index (κ2) is 9.61. The molecule has 0 amide bonds. The van der Waals surface area contributed by atoms with Crippen LogP contribution in [-0.2, 0) is 13.0 Å². The summed E-state index contributed by atoms with van der Waals surface area (Å²) in [7, 11) is 0. The molecule has 1 atom stereocenters. The van der Waals surface area contributed by atoms with Crippen LogP contribution in [0.5, 0.6) is 5.75 Å². The van der Waals surface area contributed by atoms with Crippen LogP contribution >= 0.6 is 11.6 Å². The van der Waals surface area contributed by atoms with Crippen LogP contribution < -0.4 is 4.74 Å². The maximum atomic E-state index is 10.7. The number of imidazole rings is 1. The third kappa shape index (κ3) is 5.10. The highest BCUT2D eigenvalue weighted by Gasteiger charge is 2.16. The molecule has 2 N–H and O–H groups in total. The first kappa shape index (κ1) is 21.6. The van der Waals surface area contributed by atoms with Gasteiger partial charge in [0, 0.05) is 18.1 Å². The molecule has 0 fully saturated rings. The van der Waals surface area contributed by atoms with E-state index in [4.69, 9.17) is 16.3 Å². The fraction of sp³-hybridized carbons (Fsp3) is 0.435. The summed E-state index contributed by atoms with van der Waals surface area (Å²) in [6.45, 7) is 6.80. The number of hydrogen-bond donors (Lipinski definition) is 2. The summed E-state index contributed by atoms with van der Waals surface area (Å²) in [6.07, 6.45) is 0.598. The first-order valence-corrected chi connectivity index (χ1v) is 10.4. The van der Waals surface area contributed by atoms with Gasteiger partial charge in [-0.1, -0.05) is 37.6 Å². The summed E-state index contributed by atoms with van der Waals surface area (Å²) in [5.41, 5.74) is 3.85. The van der Waals surface area contributed by atoms with E-state index >= 15 is 0 Å². The molecular formula is C23H29ClN2O3. The van der Waals surface area contributed by atoms with Gasteiger partial charge in [0.05, 0.1) is 17.6 Å². The van der Waals surface area contributed by atoms with Gasteiger partial charge in [-0.2, -0.15) is 0 Å². The lowest BCUT2D eigenvalue weighted by atomic mass is 10.0. The maximum absolute atomic E-state index is 10.7. The SMILES string of the molecule is Cc1cc(OCC(O)Cn2c(CCCO)nc3ccccc32)c(C(C)C)cc1Cl. The smallest absolute Gasteiger partial charge is 0.123 e. The zero-order valence-corrected chi connectivity index (χ0v) is 18.0. The molecule has 1 aromatic heterocycles. The molecule has 5 nitrogen and oxygen atoms in total. The van der Waals surface area contributed by atoms with Crippen LogP contribution in [0.15, 0.2) is 36.4 Å². The minimum atomic E-state index is -0.698. The Kier molecular flexibility index (Phi) is 7.17. The zero-order valence-electron chi connectivity index (χ0n) is 17.2. The van der Waals surface area contributed by atoms with Gasteiger partial charge in [0.1, 0.15) is 24.3 Å². The molecule has 0 aliphatic carbocycles. The van der Waals surface area contributed by atoms with Crippen LogP contribution in [0, 0.1) is 6.92 Å². The summed E-state index contributed by atoms with van der Waals surface area (Å²) in [5.74, 6) is 1.89. The third-order valence-corrected chi connectivity index (χ3v) is 5.44.